The number of rotatable bonds is 6. The number of carbonyl (C=O) groups excluding carboxylic acids is 1. The van der Waals surface area contributed by atoms with Gasteiger partial charge in [-0.15, -0.1) is 11.3 Å². The predicted octanol–water partition coefficient (Wildman–Crippen LogP) is 4.07. The van der Waals surface area contributed by atoms with Gasteiger partial charge in [-0.2, -0.15) is 5.26 Å². The number of nitrogens with zero attached hydrogens (tertiary/aromatic N) is 4. The number of esters is 1. The van der Waals surface area contributed by atoms with Gasteiger partial charge in [-0.05, 0) is 43.7 Å². The third-order valence-electron chi connectivity index (χ3n) is 4.83. The Balaban J connectivity index is 1.84. The number of carbonyl (C=O) groups is 1. The van der Waals surface area contributed by atoms with Crippen LogP contribution in [0.1, 0.15) is 33.3 Å². The van der Waals surface area contributed by atoms with Gasteiger partial charge in [0, 0.05) is 17.5 Å². The van der Waals surface area contributed by atoms with Crippen molar-refractivity contribution < 1.29 is 9.53 Å². The van der Waals surface area contributed by atoms with Gasteiger partial charge in [0.15, 0.2) is 5.16 Å². The van der Waals surface area contributed by atoms with Crippen molar-refractivity contribution >= 4 is 45.0 Å². The van der Waals surface area contributed by atoms with Crippen LogP contribution in [0.2, 0.25) is 0 Å². The summed E-state index contributed by atoms with van der Waals surface area (Å²) >= 11 is 2.25. The predicted molar refractivity (Wildman–Crippen MR) is 129 cm³/mol. The summed E-state index contributed by atoms with van der Waals surface area (Å²) in [6.07, 6.45) is 1.63. The summed E-state index contributed by atoms with van der Waals surface area (Å²) in [7, 11) is 0. The number of ether oxygens (including phenoxy) is 1. The zero-order chi connectivity index (χ0) is 23.5. The number of nitrogens with two attached hydrogens (primary N) is 1. The van der Waals surface area contributed by atoms with Crippen molar-refractivity contribution in [3.05, 3.63) is 74.5 Å². The van der Waals surface area contributed by atoms with Crippen molar-refractivity contribution in [2.45, 2.75) is 24.8 Å². The maximum Gasteiger partial charge on any atom is 0.348 e. The highest BCUT2D eigenvalue weighted by Crippen LogP contribution is 2.35. The first kappa shape index (κ1) is 22.5. The molecule has 0 bridgehead atoms. The van der Waals surface area contributed by atoms with Crippen molar-refractivity contribution in [1.29, 1.82) is 5.26 Å². The minimum atomic E-state index is -0.532. The molecule has 0 fully saturated rings. The zero-order valence-electron chi connectivity index (χ0n) is 17.9. The van der Waals surface area contributed by atoms with Gasteiger partial charge >= 0.3 is 5.97 Å². The largest absolute Gasteiger partial charge is 0.462 e. The normalized spacial score (nSPS) is 10.8. The van der Waals surface area contributed by atoms with E-state index in [1.54, 1.807) is 37.4 Å². The average molecular weight is 478 g/mol. The highest BCUT2D eigenvalue weighted by molar-refractivity contribution is 7.98. The highest BCUT2D eigenvalue weighted by atomic mass is 32.2. The van der Waals surface area contributed by atoms with Gasteiger partial charge in [-0.25, -0.2) is 19.3 Å². The Kier molecular flexibility index (Phi) is 6.44. The van der Waals surface area contributed by atoms with E-state index in [2.05, 4.69) is 16.0 Å². The van der Waals surface area contributed by atoms with Crippen LogP contribution in [-0.4, -0.2) is 27.1 Å². The zero-order valence-corrected chi connectivity index (χ0v) is 19.5. The molecule has 0 aliphatic heterocycles. The number of thiophene rings is 1. The Morgan fingerprint density at radius 2 is 2.12 bits per heavy atom. The minimum Gasteiger partial charge on any atom is -0.462 e. The minimum absolute atomic E-state index is 0.196. The molecule has 10 heteroatoms. The monoisotopic (exact) mass is 477 g/mol. The molecule has 0 saturated carbocycles. The van der Waals surface area contributed by atoms with Crippen LogP contribution < -0.4 is 11.3 Å². The fourth-order valence-electron chi connectivity index (χ4n) is 3.30. The van der Waals surface area contributed by atoms with Crippen LogP contribution in [0.4, 0.5) is 5.00 Å². The molecule has 0 amide bonds. The SMILES string of the molecule is CCOC(=O)c1sc(N)c(C#N)c1CSc1nc2ccccc2c(=O)n1-c1cc(C)ccn1. The third kappa shape index (κ3) is 4.33. The van der Waals surface area contributed by atoms with Crippen molar-refractivity contribution in [2.75, 3.05) is 12.3 Å². The molecule has 33 heavy (non-hydrogen) atoms. The number of nitrogen functional groups attached to an aromatic ring is 1. The Morgan fingerprint density at radius 3 is 2.85 bits per heavy atom. The molecular weight excluding hydrogens is 458 g/mol. The van der Waals surface area contributed by atoms with Crippen molar-refractivity contribution in [3.63, 3.8) is 0 Å². The van der Waals surface area contributed by atoms with Crippen molar-refractivity contribution in [2.24, 2.45) is 0 Å². The molecule has 0 saturated heterocycles. The summed E-state index contributed by atoms with van der Waals surface area (Å²) in [5.41, 5.74) is 7.93. The molecule has 4 rings (SSSR count). The maximum atomic E-state index is 13.4. The number of para-hydroxylation sites is 1. The fourth-order valence-corrected chi connectivity index (χ4v) is 5.35. The van der Waals surface area contributed by atoms with Gasteiger partial charge in [-0.1, -0.05) is 23.9 Å². The summed E-state index contributed by atoms with van der Waals surface area (Å²) in [4.78, 5) is 35.2. The number of thioether (sulfide) groups is 1. The van der Waals surface area contributed by atoms with E-state index in [1.165, 1.54) is 16.3 Å². The Bertz CT molecular complexity index is 1470. The van der Waals surface area contributed by atoms with Crippen molar-refractivity contribution in [1.82, 2.24) is 14.5 Å². The number of aromatic nitrogens is 3. The average Bonchev–Trinajstić information content (AvgIpc) is 3.13. The number of hydrogen-bond donors (Lipinski definition) is 1. The van der Waals surface area contributed by atoms with E-state index in [1.807, 2.05) is 19.1 Å². The van der Waals surface area contributed by atoms with Crippen LogP contribution in [-0.2, 0) is 10.5 Å². The van der Waals surface area contributed by atoms with E-state index in [0.29, 0.717) is 27.4 Å². The first-order valence-corrected chi connectivity index (χ1v) is 11.8. The smallest absolute Gasteiger partial charge is 0.348 e. The summed E-state index contributed by atoms with van der Waals surface area (Å²) in [6.45, 7) is 3.83. The van der Waals surface area contributed by atoms with Gasteiger partial charge in [0.1, 0.15) is 21.8 Å². The van der Waals surface area contributed by atoms with E-state index >= 15 is 0 Å². The Morgan fingerprint density at radius 1 is 1.33 bits per heavy atom. The molecule has 0 unspecified atom stereocenters. The lowest BCUT2D eigenvalue weighted by molar-refractivity contribution is 0.0531. The standard InChI is InChI=1S/C23H19N5O3S2/c1-3-31-22(30)19-16(15(11-24)20(25)33-19)12-32-23-27-17-7-5-4-6-14(17)21(29)28(23)18-10-13(2)8-9-26-18/h4-10H,3,12,25H2,1-2H3. The number of pyridine rings is 1. The third-order valence-corrected chi connectivity index (χ3v) is 6.83. The van der Waals surface area contributed by atoms with Crippen molar-refractivity contribution in [3.8, 4) is 11.9 Å². The molecule has 0 atom stereocenters. The van der Waals surface area contributed by atoms with Gasteiger partial charge in [-0.3, -0.25) is 4.79 Å². The van der Waals surface area contributed by atoms with Gasteiger partial charge in [0.2, 0.25) is 0 Å². The second kappa shape index (κ2) is 9.44. The van der Waals surface area contributed by atoms with Crippen LogP contribution in [0.25, 0.3) is 16.7 Å². The molecule has 0 aliphatic rings. The summed E-state index contributed by atoms with van der Waals surface area (Å²) in [6, 6.07) is 12.8. The number of hydrogen-bond acceptors (Lipinski definition) is 9. The highest BCUT2D eigenvalue weighted by Gasteiger charge is 2.24. The summed E-state index contributed by atoms with van der Waals surface area (Å²) < 4.78 is 6.58. The molecule has 8 nitrogen and oxygen atoms in total. The first-order valence-electron chi connectivity index (χ1n) is 10.0. The second-order valence-corrected chi connectivity index (χ2v) is 9.01. The van der Waals surface area contributed by atoms with Gasteiger partial charge in [0.25, 0.3) is 5.56 Å². The Labute approximate surface area is 197 Å². The molecule has 166 valence electrons. The van der Waals surface area contributed by atoms with E-state index in [4.69, 9.17) is 10.5 Å². The summed E-state index contributed by atoms with van der Waals surface area (Å²) in [5, 5.41) is 10.7. The lowest BCUT2D eigenvalue weighted by atomic mass is 10.2. The van der Waals surface area contributed by atoms with Gasteiger partial charge < -0.3 is 10.5 Å². The van der Waals surface area contributed by atoms with Crippen LogP contribution in [0.3, 0.4) is 0 Å². The maximum absolute atomic E-state index is 13.4. The molecule has 0 aliphatic carbocycles. The number of anilines is 1. The van der Waals surface area contributed by atoms with E-state index in [0.717, 1.165) is 16.9 Å². The lowest BCUT2D eigenvalue weighted by Gasteiger charge is -2.13. The van der Waals surface area contributed by atoms with E-state index in [9.17, 15) is 14.9 Å². The summed E-state index contributed by atoms with van der Waals surface area (Å²) in [5.74, 6) is 0.105. The molecule has 2 N–H and O–H groups in total. The Hall–Kier alpha value is -3.68. The number of fused-ring (bicyclic) bond motifs is 1. The first-order chi connectivity index (χ1) is 15.9. The number of nitriles is 1. The molecule has 0 radical (unpaired) electrons. The number of benzene rings is 1. The molecule has 4 aromatic rings. The van der Waals surface area contributed by atoms with E-state index < -0.39 is 5.97 Å². The molecule has 0 spiro atoms. The lowest BCUT2D eigenvalue weighted by Crippen LogP contribution is -2.22. The van der Waals surface area contributed by atoms with Crippen LogP contribution in [0.15, 0.2) is 52.5 Å². The molecule has 3 heterocycles. The molecule has 3 aromatic heterocycles. The van der Waals surface area contributed by atoms with Crippen LogP contribution in [0, 0.1) is 18.3 Å². The molecule has 1 aromatic carbocycles. The second-order valence-electron chi connectivity index (χ2n) is 7.01. The van der Waals surface area contributed by atoms with Crippen LogP contribution >= 0.6 is 23.1 Å². The number of aryl methyl sites for hydroxylation is 1. The quantitative estimate of drug-likeness (QED) is 0.250. The fraction of sp³-hybridized carbons (Fsp3) is 0.174. The van der Waals surface area contributed by atoms with Crippen LogP contribution in [0.5, 0.6) is 0 Å². The molecular formula is C23H19N5O3S2. The van der Waals surface area contributed by atoms with E-state index in [-0.39, 0.29) is 33.4 Å². The van der Waals surface area contributed by atoms with Gasteiger partial charge in [0.05, 0.1) is 23.1 Å². The topological polar surface area (TPSA) is 124 Å².